The third-order valence-corrected chi connectivity index (χ3v) is 3.81. The number of hydrogen-bond donors (Lipinski definition) is 2. The molecule has 1 aromatic carbocycles. The number of rotatable bonds is 2. The maximum Gasteiger partial charge on any atom is 0.357 e. The predicted molar refractivity (Wildman–Crippen MR) is 89.7 cm³/mol. The van der Waals surface area contributed by atoms with Crippen molar-refractivity contribution < 1.29 is 9.90 Å². The standard InChI is InChI=1S/C7H3Br2N3O2.C7H9N/c8-3-1-10-6-4(9)5(7(13)14)11-12(6)2-3;8-6-7-4-2-1-3-5-7/h1-2H,(H,13,14);1-5H,6,8H2. The van der Waals surface area contributed by atoms with Crippen molar-refractivity contribution in [3.8, 4) is 0 Å². The number of aromatic carboxylic acids is 1. The molecular weight excluding hydrogens is 416 g/mol. The van der Waals surface area contributed by atoms with Crippen molar-refractivity contribution in [2.45, 2.75) is 6.54 Å². The second kappa shape index (κ2) is 7.48. The Kier molecular flexibility index (Phi) is 5.64. The molecule has 0 aliphatic heterocycles. The van der Waals surface area contributed by atoms with Gasteiger partial charge in [0.2, 0.25) is 0 Å². The first-order valence-corrected chi connectivity index (χ1v) is 7.78. The van der Waals surface area contributed by atoms with Crippen LogP contribution >= 0.6 is 31.9 Å². The fourth-order valence-electron chi connectivity index (χ4n) is 1.64. The predicted octanol–water partition coefficient (Wildman–Crippen LogP) is 3.10. The van der Waals surface area contributed by atoms with Crippen molar-refractivity contribution in [1.82, 2.24) is 14.6 Å². The number of halogens is 2. The molecule has 0 fully saturated rings. The van der Waals surface area contributed by atoms with Crippen molar-refractivity contribution >= 4 is 43.5 Å². The third-order valence-electron chi connectivity index (χ3n) is 2.67. The summed E-state index contributed by atoms with van der Waals surface area (Å²) < 4.78 is 2.52. The summed E-state index contributed by atoms with van der Waals surface area (Å²) >= 11 is 6.35. The molecule has 0 atom stereocenters. The highest BCUT2D eigenvalue weighted by Gasteiger charge is 2.17. The zero-order valence-electron chi connectivity index (χ0n) is 11.3. The van der Waals surface area contributed by atoms with Crippen LogP contribution in [-0.2, 0) is 6.54 Å². The monoisotopic (exact) mass is 426 g/mol. The smallest absolute Gasteiger partial charge is 0.357 e. The van der Waals surface area contributed by atoms with Crippen LogP contribution in [0.25, 0.3) is 5.65 Å². The van der Waals surface area contributed by atoms with E-state index in [1.807, 2.05) is 30.3 Å². The Morgan fingerprint density at radius 1 is 1.27 bits per heavy atom. The summed E-state index contributed by atoms with van der Waals surface area (Å²) in [5.74, 6) is -1.08. The third kappa shape index (κ3) is 3.90. The highest BCUT2D eigenvalue weighted by Crippen LogP contribution is 2.21. The Bertz CT molecular complexity index is 790. The normalized spacial score (nSPS) is 10.1. The van der Waals surface area contributed by atoms with E-state index in [0.717, 1.165) is 4.47 Å². The number of benzene rings is 1. The van der Waals surface area contributed by atoms with Gasteiger partial charge in [0.05, 0.1) is 8.95 Å². The minimum absolute atomic E-state index is 0.0457. The molecular formula is C14H12Br2N4O2. The number of nitrogens with zero attached hydrogens (tertiary/aromatic N) is 3. The Morgan fingerprint density at radius 3 is 2.50 bits per heavy atom. The van der Waals surface area contributed by atoms with Gasteiger partial charge in [0.25, 0.3) is 0 Å². The van der Waals surface area contributed by atoms with Gasteiger partial charge in [0.1, 0.15) is 0 Å². The van der Waals surface area contributed by atoms with E-state index >= 15 is 0 Å². The quantitative estimate of drug-likeness (QED) is 0.655. The number of carboxylic acids is 1. The fourth-order valence-corrected chi connectivity index (χ4v) is 2.46. The van der Waals surface area contributed by atoms with Gasteiger partial charge < -0.3 is 10.8 Å². The van der Waals surface area contributed by atoms with E-state index in [-0.39, 0.29) is 5.69 Å². The van der Waals surface area contributed by atoms with Gasteiger partial charge in [-0.05, 0) is 37.4 Å². The van der Waals surface area contributed by atoms with Crippen molar-refractivity contribution in [3.63, 3.8) is 0 Å². The van der Waals surface area contributed by atoms with Gasteiger partial charge >= 0.3 is 5.97 Å². The summed E-state index contributed by atoms with van der Waals surface area (Å²) in [4.78, 5) is 14.8. The van der Waals surface area contributed by atoms with Crippen LogP contribution in [0.4, 0.5) is 0 Å². The molecule has 0 unspecified atom stereocenters. The first kappa shape index (κ1) is 16.6. The van der Waals surface area contributed by atoms with E-state index in [1.54, 1.807) is 12.4 Å². The van der Waals surface area contributed by atoms with Gasteiger partial charge in [-0.25, -0.2) is 14.3 Å². The summed E-state index contributed by atoms with van der Waals surface area (Å²) in [5.41, 5.74) is 6.97. The zero-order valence-corrected chi connectivity index (χ0v) is 14.5. The summed E-state index contributed by atoms with van der Waals surface area (Å²) in [6.07, 6.45) is 3.22. The summed E-state index contributed by atoms with van der Waals surface area (Å²) in [5, 5.41) is 12.6. The molecule has 2 aromatic heterocycles. The molecule has 0 aliphatic rings. The lowest BCUT2D eigenvalue weighted by Gasteiger charge is -1.91. The van der Waals surface area contributed by atoms with Crippen molar-refractivity contribution in [2.24, 2.45) is 5.73 Å². The first-order chi connectivity index (χ1) is 10.5. The molecule has 0 spiro atoms. The second-order valence-electron chi connectivity index (χ2n) is 4.20. The highest BCUT2D eigenvalue weighted by atomic mass is 79.9. The van der Waals surface area contributed by atoms with E-state index < -0.39 is 5.97 Å². The van der Waals surface area contributed by atoms with Gasteiger partial charge in [0, 0.05) is 18.9 Å². The number of nitrogens with two attached hydrogens (primary N) is 1. The molecule has 22 heavy (non-hydrogen) atoms. The molecule has 114 valence electrons. The Hall–Kier alpha value is -1.77. The number of fused-ring (bicyclic) bond motifs is 1. The van der Waals surface area contributed by atoms with E-state index in [1.165, 1.54) is 10.1 Å². The van der Waals surface area contributed by atoms with Crippen LogP contribution in [0.2, 0.25) is 0 Å². The molecule has 3 N–H and O–H groups in total. The molecule has 0 radical (unpaired) electrons. The van der Waals surface area contributed by atoms with E-state index in [0.29, 0.717) is 16.7 Å². The molecule has 3 rings (SSSR count). The molecule has 6 nitrogen and oxygen atoms in total. The fraction of sp³-hybridized carbons (Fsp3) is 0.0714. The van der Waals surface area contributed by atoms with Crippen LogP contribution in [0.15, 0.2) is 51.7 Å². The van der Waals surface area contributed by atoms with Gasteiger partial charge in [-0.1, -0.05) is 30.3 Å². The lowest BCUT2D eigenvalue weighted by molar-refractivity contribution is 0.0689. The largest absolute Gasteiger partial charge is 0.476 e. The molecule has 0 saturated heterocycles. The van der Waals surface area contributed by atoms with Gasteiger partial charge in [0.15, 0.2) is 11.3 Å². The number of carbonyl (C=O) groups is 1. The van der Waals surface area contributed by atoms with Gasteiger partial charge in [-0.15, -0.1) is 0 Å². The zero-order chi connectivity index (χ0) is 16.1. The van der Waals surface area contributed by atoms with Crippen molar-refractivity contribution in [3.05, 3.63) is 62.9 Å². The highest BCUT2D eigenvalue weighted by molar-refractivity contribution is 9.11. The number of carboxylic acid groups (broad SMARTS) is 1. The average Bonchev–Trinajstić information content (AvgIpc) is 2.85. The van der Waals surface area contributed by atoms with Crippen LogP contribution in [-0.4, -0.2) is 25.7 Å². The molecule has 0 aliphatic carbocycles. The molecule has 0 saturated carbocycles. The van der Waals surface area contributed by atoms with Crippen molar-refractivity contribution in [1.29, 1.82) is 0 Å². The minimum atomic E-state index is -1.08. The topological polar surface area (TPSA) is 93.5 Å². The number of aromatic nitrogens is 3. The second-order valence-corrected chi connectivity index (χ2v) is 5.91. The van der Waals surface area contributed by atoms with Crippen LogP contribution in [0.5, 0.6) is 0 Å². The van der Waals surface area contributed by atoms with E-state index in [2.05, 4.69) is 41.9 Å². The minimum Gasteiger partial charge on any atom is -0.476 e. The Morgan fingerprint density at radius 2 is 1.95 bits per heavy atom. The molecule has 2 heterocycles. The van der Waals surface area contributed by atoms with Crippen molar-refractivity contribution in [2.75, 3.05) is 0 Å². The van der Waals surface area contributed by atoms with Crippen LogP contribution in [0.3, 0.4) is 0 Å². The maximum atomic E-state index is 10.7. The molecule has 8 heteroatoms. The summed E-state index contributed by atoms with van der Waals surface area (Å²) in [6, 6.07) is 9.99. The van der Waals surface area contributed by atoms with Gasteiger partial charge in [-0.2, -0.15) is 5.10 Å². The molecule has 0 bridgehead atoms. The SMILES string of the molecule is NCc1ccccc1.O=C(O)c1nn2cc(Br)cnc2c1Br. The van der Waals surface area contributed by atoms with Gasteiger partial charge in [-0.3, -0.25) is 0 Å². The van der Waals surface area contributed by atoms with Crippen LogP contribution < -0.4 is 5.73 Å². The number of hydrogen-bond acceptors (Lipinski definition) is 4. The maximum absolute atomic E-state index is 10.7. The summed E-state index contributed by atoms with van der Waals surface area (Å²) in [7, 11) is 0. The molecule has 0 amide bonds. The van der Waals surface area contributed by atoms with Crippen LogP contribution in [0, 0.1) is 0 Å². The lowest BCUT2D eigenvalue weighted by atomic mass is 10.2. The Labute approximate surface area is 143 Å². The molecule has 3 aromatic rings. The summed E-state index contributed by atoms with van der Waals surface area (Å²) in [6.45, 7) is 0.640. The lowest BCUT2D eigenvalue weighted by Crippen LogP contribution is -1.98. The average molecular weight is 428 g/mol. The first-order valence-electron chi connectivity index (χ1n) is 6.19. The van der Waals surface area contributed by atoms with E-state index in [9.17, 15) is 4.79 Å². The van der Waals surface area contributed by atoms with Crippen LogP contribution in [0.1, 0.15) is 16.1 Å². The Balaban J connectivity index is 0.000000188. The van der Waals surface area contributed by atoms with E-state index in [4.69, 9.17) is 10.8 Å².